The number of nitrogens with one attached hydrogen (secondary N) is 1. The number of benzene rings is 2. The van der Waals surface area contributed by atoms with E-state index in [0.29, 0.717) is 11.2 Å². The van der Waals surface area contributed by atoms with E-state index < -0.39 is 0 Å². The third-order valence-corrected chi connectivity index (χ3v) is 5.51. The molecule has 1 aliphatic rings. The van der Waals surface area contributed by atoms with Crippen molar-refractivity contribution in [1.82, 2.24) is 15.3 Å². The van der Waals surface area contributed by atoms with Crippen molar-refractivity contribution < 1.29 is 4.79 Å². The Morgan fingerprint density at radius 3 is 2.37 bits per heavy atom. The molecule has 0 aliphatic heterocycles. The highest BCUT2D eigenvalue weighted by Crippen LogP contribution is 2.35. The second-order valence-corrected chi connectivity index (χ2v) is 7.81. The van der Waals surface area contributed by atoms with Crippen LogP contribution in [0.2, 0.25) is 0 Å². The van der Waals surface area contributed by atoms with Crippen molar-refractivity contribution in [2.75, 3.05) is 0 Å². The number of rotatable bonds is 6. The van der Waals surface area contributed by atoms with Gasteiger partial charge >= 0.3 is 0 Å². The molecule has 0 saturated heterocycles. The molecule has 136 valence electrons. The molecule has 27 heavy (non-hydrogen) atoms. The number of aryl methyl sites for hydroxylation is 1. The van der Waals surface area contributed by atoms with E-state index in [9.17, 15) is 4.79 Å². The summed E-state index contributed by atoms with van der Waals surface area (Å²) in [5, 5.41) is 3.37. The zero-order chi connectivity index (χ0) is 18.6. The van der Waals surface area contributed by atoms with Gasteiger partial charge in [0.05, 0.1) is 5.69 Å². The summed E-state index contributed by atoms with van der Waals surface area (Å²) in [5.74, 6) is 0.0278. The number of aromatic nitrogens is 2. The lowest BCUT2D eigenvalue weighted by molar-refractivity contribution is -0.120. The molecular formula is C22H21N3OS. The summed E-state index contributed by atoms with van der Waals surface area (Å²) in [6.07, 6.45) is 2.13. The summed E-state index contributed by atoms with van der Waals surface area (Å²) in [4.78, 5) is 22.1. The van der Waals surface area contributed by atoms with E-state index in [1.54, 1.807) is 0 Å². The number of carbonyl (C=O) groups excluding carboxylic acids is 1. The Labute approximate surface area is 163 Å². The number of amides is 1. The maximum absolute atomic E-state index is 12.9. The van der Waals surface area contributed by atoms with Gasteiger partial charge in [0.15, 0.2) is 5.16 Å². The fourth-order valence-corrected chi connectivity index (χ4v) is 3.89. The molecular weight excluding hydrogens is 354 g/mol. The molecule has 1 amide bonds. The van der Waals surface area contributed by atoms with Gasteiger partial charge in [-0.25, -0.2) is 9.97 Å². The smallest absolute Gasteiger partial charge is 0.238 e. The Kier molecular flexibility index (Phi) is 5.21. The lowest BCUT2D eigenvalue weighted by Gasteiger charge is -2.16. The summed E-state index contributed by atoms with van der Waals surface area (Å²) < 4.78 is 0. The first-order valence-electron chi connectivity index (χ1n) is 9.12. The molecule has 1 N–H and O–H groups in total. The Balaban J connectivity index is 1.64. The molecule has 1 atom stereocenters. The average molecular weight is 375 g/mol. The van der Waals surface area contributed by atoms with Gasteiger partial charge < -0.3 is 5.32 Å². The van der Waals surface area contributed by atoms with E-state index in [0.717, 1.165) is 35.4 Å². The predicted octanol–water partition coefficient (Wildman–Crippen LogP) is 4.56. The molecule has 0 bridgehead atoms. The van der Waals surface area contributed by atoms with Crippen LogP contribution >= 0.6 is 11.8 Å². The number of hydrogen-bond donors (Lipinski definition) is 1. The van der Waals surface area contributed by atoms with Gasteiger partial charge in [-0.2, -0.15) is 0 Å². The topological polar surface area (TPSA) is 54.9 Å². The standard InChI is InChI=1S/C22H21N3OS/c1-15-14-19(16-8-4-2-5-9-16)25-22(23-15)27-20(17-10-6-3-7-11-17)21(26)24-18-12-13-18/h2-11,14,18,20H,12-13H2,1H3,(H,24,26)/t20-/m1/s1. The number of thioether (sulfide) groups is 1. The van der Waals surface area contributed by atoms with Crippen molar-refractivity contribution in [3.63, 3.8) is 0 Å². The highest BCUT2D eigenvalue weighted by Gasteiger charge is 2.29. The number of nitrogens with zero attached hydrogens (tertiary/aromatic N) is 2. The summed E-state index contributed by atoms with van der Waals surface area (Å²) in [6.45, 7) is 1.96. The summed E-state index contributed by atoms with van der Waals surface area (Å²) >= 11 is 1.41. The average Bonchev–Trinajstić information content (AvgIpc) is 3.51. The van der Waals surface area contributed by atoms with E-state index >= 15 is 0 Å². The molecule has 4 rings (SSSR count). The molecule has 1 saturated carbocycles. The first-order valence-corrected chi connectivity index (χ1v) is 10.00. The highest BCUT2D eigenvalue weighted by atomic mass is 32.2. The monoisotopic (exact) mass is 375 g/mol. The van der Waals surface area contributed by atoms with Crippen LogP contribution in [0.4, 0.5) is 0 Å². The second-order valence-electron chi connectivity index (χ2n) is 6.73. The minimum absolute atomic E-state index is 0.0278. The Bertz CT molecular complexity index is 927. The maximum atomic E-state index is 12.9. The fourth-order valence-electron chi connectivity index (χ4n) is 2.86. The summed E-state index contributed by atoms with van der Waals surface area (Å²) in [7, 11) is 0. The van der Waals surface area contributed by atoms with E-state index in [-0.39, 0.29) is 11.2 Å². The summed E-state index contributed by atoms with van der Waals surface area (Å²) in [6, 6.07) is 22.2. The minimum atomic E-state index is -0.364. The van der Waals surface area contributed by atoms with Gasteiger partial charge in [0.1, 0.15) is 5.25 Å². The number of carbonyl (C=O) groups is 1. The Morgan fingerprint density at radius 2 is 1.70 bits per heavy atom. The molecule has 4 nitrogen and oxygen atoms in total. The third-order valence-electron chi connectivity index (χ3n) is 4.39. The third kappa shape index (κ3) is 4.55. The Morgan fingerprint density at radius 1 is 1.04 bits per heavy atom. The molecule has 0 unspecified atom stereocenters. The quantitative estimate of drug-likeness (QED) is 0.507. The number of hydrogen-bond acceptors (Lipinski definition) is 4. The zero-order valence-corrected chi connectivity index (χ0v) is 15.9. The SMILES string of the molecule is Cc1cc(-c2ccccc2)nc(S[C@@H](C(=O)NC2CC2)c2ccccc2)n1. The van der Waals surface area contributed by atoms with Crippen LogP contribution in [-0.4, -0.2) is 21.9 Å². The van der Waals surface area contributed by atoms with Crippen molar-refractivity contribution in [3.05, 3.63) is 78.0 Å². The second kappa shape index (κ2) is 7.92. The van der Waals surface area contributed by atoms with Crippen LogP contribution in [-0.2, 0) is 4.79 Å². The molecule has 0 spiro atoms. The molecule has 1 fully saturated rings. The maximum Gasteiger partial charge on any atom is 0.238 e. The molecule has 1 aromatic heterocycles. The van der Waals surface area contributed by atoms with Crippen LogP contribution in [0.1, 0.15) is 29.3 Å². The van der Waals surface area contributed by atoms with E-state index in [4.69, 9.17) is 4.98 Å². The van der Waals surface area contributed by atoms with E-state index in [1.807, 2.05) is 73.7 Å². The largest absolute Gasteiger partial charge is 0.352 e. The first kappa shape index (κ1) is 17.7. The van der Waals surface area contributed by atoms with Crippen molar-refractivity contribution in [3.8, 4) is 11.3 Å². The zero-order valence-electron chi connectivity index (χ0n) is 15.1. The van der Waals surface area contributed by atoms with Crippen molar-refractivity contribution in [2.24, 2.45) is 0 Å². The van der Waals surface area contributed by atoms with Crippen LogP contribution in [0.15, 0.2) is 71.9 Å². The molecule has 5 heteroatoms. The molecule has 0 radical (unpaired) electrons. The summed E-state index contributed by atoms with van der Waals surface area (Å²) in [5.41, 5.74) is 3.77. The van der Waals surface area contributed by atoms with Gasteiger partial charge in [-0.15, -0.1) is 0 Å². The highest BCUT2D eigenvalue weighted by molar-refractivity contribution is 8.00. The molecule has 1 aliphatic carbocycles. The van der Waals surface area contributed by atoms with Crippen molar-refractivity contribution >= 4 is 17.7 Å². The minimum Gasteiger partial charge on any atom is -0.352 e. The molecule has 2 aromatic carbocycles. The lowest BCUT2D eigenvalue weighted by Crippen LogP contribution is -2.29. The van der Waals surface area contributed by atoms with Gasteiger partial charge in [-0.1, -0.05) is 72.4 Å². The van der Waals surface area contributed by atoms with Crippen LogP contribution in [0.25, 0.3) is 11.3 Å². The molecule has 3 aromatic rings. The first-order chi connectivity index (χ1) is 13.2. The van der Waals surface area contributed by atoms with Crippen molar-refractivity contribution in [2.45, 2.75) is 36.2 Å². The fraction of sp³-hybridized carbons (Fsp3) is 0.227. The van der Waals surface area contributed by atoms with Crippen LogP contribution in [0, 0.1) is 6.92 Å². The van der Waals surface area contributed by atoms with Gasteiger partial charge in [0, 0.05) is 17.3 Å². The van der Waals surface area contributed by atoms with Crippen molar-refractivity contribution in [1.29, 1.82) is 0 Å². The lowest BCUT2D eigenvalue weighted by atomic mass is 10.1. The van der Waals surface area contributed by atoms with Crippen LogP contribution < -0.4 is 5.32 Å². The van der Waals surface area contributed by atoms with E-state index in [2.05, 4.69) is 10.3 Å². The van der Waals surface area contributed by atoms with E-state index in [1.165, 1.54) is 11.8 Å². The van der Waals surface area contributed by atoms with Crippen LogP contribution in [0.5, 0.6) is 0 Å². The molecule has 1 heterocycles. The predicted molar refractivity (Wildman–Crippen MR) is 108 cm³/mol. The van der Waals surface area contributed by atoms with Gasteiger partial charge in [0.25, 0.3) is 0 Å². The van der Waals surface area contributed by atoms with Gasteiger partial charge in [-0.05, 0) is 31.4 Å². The normalized spacial score (nSPS) is 14.6. The van der Waals surface area contributed by atoms with Gasteiger partial charge in [-0.3, -0.25) is 4.79 Å². The van der Waals surface area contributed by atoms with Crippen LogP contribution in [0.3, 0.4) is 0 Å². The Hall–Kier alpha value is -2.66. The van der Waals surface area contributed by atoms with Gasteiger partial charge in [0.2, 0.25) is 5.91 Å².